The second-order valence-corrected chi connectivity index (χ2v) is 5.94. The molecule has 106 valence electrons. The molecule has 20 heavy (non-hydrogen) atoms. The Labute approximate surface area is 120 Å². The van der Waals surface area contributed by atoms with Crippen molar-refractivity contribution in [2.24, 2.45) is 5.92 Å². The number of hydrogen-bond acceptors (Lipinski definition) is 2. The third-order valence-electron chi connectivity index (χ3n) is 4.48. The SMILES string of the molecule is Oc1ccc2cccc(CNCCC3CCCC3)c2c1. The average molecular weight is 269 g/mol. The number of phenols is 1. The fraction of sp³-hybridized carbons (Fsp3) is 0.444. The minimum atomic E-state index is 0.343. The molecule has 2 heteroatoms. The molecule has 0 heterocycles. The van der Waals surface area contributed by atoms with Gasteiger partial charge in [0.1, 0.15) is 5.75 Å². The largest absolute Gasteiger partial charge is 0.508 e. The van der Waals surface area contributed by atoms with E-state index in [0.717, 1.165) is 24.4 Å². The van der Waals surface area contributed by atoms with E-state index >= 15 is 0 Å². The molecule has 0 unspecified atom stereocenters. The Morgan fingerprint density at radius 3 is 2.80 bits per heavy atom. The second kappa shape index (κ2) is 6.27. The van der Waals surface area contributed by atoms with Crippen molar-refractivity contribution in [2.45, 2.75) is 38.6 Å². The van der Waals surface area contributed by atoms with E-state index < -0.39 is 0 Å². The molecule has 1 aliphatic rings. The van der Waals surface area contributed by atoms with Gasteiger partial charge in [-0.25, -0.2) is 0 Å². The van der Waals surface area contributed by atoms with Gasteiger partial charge in [0.25, 0.3) is 0 Å². The molecule has 0 aliphatic heterocycles. The Morgan fingerprint density at radius 2 is 1.95 bits per heavy atom. The van der Waals surface area contributed by atoms with Crippen LogP contribution in [0, 0.1) is 5.92 Å². The van der Waals surface area contributed by atoms with Gasteiger partial charge < -0.3 is 10.4 Å². The van der Waals surface area contributed by atoms with E-state index in [2.05, 4.69) is 23.5 Å². The topological polar surface area (TPSA) is 32.3 Å². The highest BCUT2D eigenvalue weighted by atomic mass is 16.3. The summed E-state index contributed by atoms with van der Waals surface area (Å²) in [6.07, 6.45) is 6.99. The third kappa shape index (κ3) is 3.13. The molecule has 2 nitrogen and oxygen atoms in total. The van der Waals surface area contributed by atoms with Crippen molar-refractivity contribution in [2.75, 3.05) is 6.54 Å². The van der Waals surface area contributed by atoms with Crippen LogP contribution in [0.1, 0.15) is 37.7 Å². The van der Waals surface area contributed by atoms with Crippen molar-refractivity contribution in [3.05, 3.63) is 42.0 Å². The van der Waals surface area contributed by atoms with Gasteiger partial charge >= 0.3 is 0 Å². The second-order valence-electron chi connectivity index (χ2n) is 5.94. The Balaban J connectivity index is 1.60. The number of nitrogens with one attached hydrogen (secondary N) is 1. The van der Waals surface area contributed by atoms with E-state index in [4.69, 9.17) is 0 Å². The van der Waals surface area contributed by atoms with E-state index in [1.165, 1.54) is 43.1 Å². The average Bonchev–Trinajstić information content (AvgIpc) is 2.97. The molecule has 0 spiro atoms. The van der Waals surface area contributed by atoms with E-state index in [0.29, 0.717) is 5.75 Å². The molecule has 0 saturated heterocycles. The zero-order valence-electron chi connectivity index (χ0n) is 11.9. The van der Waals surface area contributed by atoms with Gasteiger partial charge in [-0.15, -0.1) is 0 Å². The zero-order valence-corrected chi connectivity index (χ0v) is 11.9. The highest BCUT2D eigenvalue weighted by molar-refractivity contribution is 5.86. The molecule has 3 rings (SSSR count). The van der Waals surface area contributed by atoms with E-state index in [1.54, 1.807) is 6.07 Å². The van der Waals surface area contributed by atoms with Gasteiger partial charge in [0.05, 0.1) is 0 Å². The molecular formula is C18H23NO. The number of phenolic OH excluding ortho intramolecular Hbond substituents is 1. The summed E-state index contributed by atoms with van der Waals surface area (Å²) in [4.78, 5) is 0. The summed E-state index contributed by atoms with van der Waals surface area (Å²) >= 11 is 0. The third-order valence-corrected chi connectivity index (χ3v) is 4.48. The predicted octanol–water partition coefficient (Wildman–Crippen LogP) is 4.22. The Hall–Kier alpha value is -1.54. The van der Waals surface area contributed by atoms with Crippen LogP contribution in [-0.2, 0) is 6.54 Å². The van der Waals surface area contributed by atoms with Crippen LogP contribution in [-0.4, -0.2) is 11.7 Å². The molecule has 2 N–H and O–H groups in total. The molecule has 0 bridgehead atoms. The number of rotatable bonds is 5. The lowest BCUT2D eigenvalue weighted by atomic mass is 10.0. The van der Waals surface area contributed by atoms with Crippen LogP contribution in [0.2, 0.25) is 0 Å². The molecule has 1 fully saturated rings. The summed E-state index contributed by atoms with van der Waals surface area (Å²) in [6.45, 7) is 1.98. The summed E-state index contributed by atoms with van der Waals surface area (Å²) in [7, 11) is 0. The molecular weight excluding hydrogens is 246 g/mol. The molecule has 1 saturated carbocycles. The molecule has 2 aromatic rings. The maximum absolute atomic E-state index is 9.65. The smallest absolute Gasteiger partial charge is 0.116 e. The van der Waals surface area contributed by atoms with Crippen LogP contribution in [0.25, 0.3) is 10.8 Å². The Bertz CT molecular complexity index is 573. The zero-order chi connectivity index (χ0) is 13.8. The van der Waals surface area contributed by atoms with Crippen molar-refractivity contribution in [1.29, 1.82) is 0 Å². The monoisotopic (exact) mass is 269 g/mol. The molecule has 0 radical (unpaired) electrons. The molecule has 0 amide bonds. The van der Waals surface area contributed by atoms with Gasteiger partial charge in [-0.05, 0) is 47.4 Å². The quantitative estimate of drug-likeness (QED) is 0.797. The Kier molecular flexibility index (Phi) is 4.22. The van der Waals surface area contributed by atoms with Gasteiger partial charge in [-0.3, -0.25) is 0 Å². The minimum Gasteiger partial charge on any atom is -0.508 e. The van der Waals surface area contributed by atoms with Crippen LogP contribution in [0.4, 0.5) is 0 Å². The van der Waals surface area contributed by atoms with Crippen LogP contribution in [0.5, 0.6) is 5.75 Å². The standard InChI is InChI=1S/C18H23NO/c20-17-9-8-15-6-3-7-16(18(15)12-17)13-19-11-10-14-4-1-2-5-14/h3,6-9,12,14,19-20H,1-2,4-5,10-11,13H2. The van der Waals surface area contributed by atoms with Crippen LogP contribution in [0.15, 0.2) is 36.4 Å². The van der Waals surface area contributed by atoms with Crippen molar-refractivity contribution in [3.63, 3.8) is 0 Å². The van der Waals surface area contributed by atoms with Gasteiger partial charge in [-0.2, -0.15) is 0 Å². The van der Waals surface area contributed by atoms with Crippen molar-refractivity contribution >= 4 is 10.8 Å². The lowest BCUT2D eigenvalue weighted by molar-refractivity contribution is 0.475. The fourth-order valence-electron chi connectivity index (χ4n) is 3.31. The summed E-state index contributed by atoms with van der Waals surface area (Å²) in [5.74, 6) is 1.29. The van der Waals surface area contributed by atoms with Crippen LogP contribution >= 0.6 is 0 Å². The predicted molar refractivity (Wildman–Crippen MR) is 83.9 cm³/mol. The lowest BCUT2D eigenvalue weighted by Gasteiger charge is -2.11. The molecule has 0 atom stereocenters. The van der Waals surface area contributed by atoms with Crippen molar-refractivity contribution in [3.8, 4) is 5.75 Å². The number of benzene rings is 2. The summed E-state index contributed by atoms with van der Waals surface area (Å²) in [5, 5.41) is 15.6. The number of aromatic hydroxyl groups is 1. The van der Waals surface area contributed by atoms with Gasteiger partial charge in [0.2, 0.25) is 0 Å². The minimum absolute atomic E-state index is 0.343. The summed E-state index contributed by atoms with van der Waals surface area (Å²) < 4.78 is 0. The first kappa shape index (κ1) is 13.4. The van der Waals surface area contributed by atoms with Crippen molar-refractivity contribution in [1.82, 2.24) is 5.32 Å². The Morgan fingerprint density at radius 1 is 1.10 bits per heavy atom. The molecule has 0 aromatic heterocycles. The van der Waals surface area contributed by atoms with Crippen LogP contribution in [0.3, 0.4) is 0 Å². The molecule has 2 aromatic carbocycles. The van der Waals surface area contributed by atoms with E-state index in [9.17, 15) is 5.11 Å². The highest BCUT2D eigenvalue weighted by Crippen LogP contribution is 2.27. The van der Waals surface area contributed by atoms with E-state index in [1.807, 2.05) is 12.1 Å². The number of hydrogen-bond donors (Lipinski definition) is 2. The normalized spacial score (nSPS) is 16.0. The number of fused-ring (bicyclic) bond motifs is 1. The maximum Gasteiger partial charge on any atom is 0.116 e. The van der Waals surface area contributed by atoms with Crippen LogP contribution < -0.4 is 5.32 Å². The first-order chi connectivity index (χ1) is 9.83. The summed E-state index contributed by atoms with van der Waals surface area (Å²) in [5.41, 5.74) is 1.27. The van der Waals surface area contributed by atoms with Crippen molar-refractivity contribution < 1.29 is 5.11 Å². The highest BCUT2D eigenvalue weighted by Gasteiger charge is 2.13. The first-order valence-electron chi connectivity index (χ1n) is 7.74. The summed E-state index contributed by atoms with van der Waals surface area (Å²) in [6, 6.07) is 11.9. The lowest BCUT2D eigenvalue weighted by Crippen LogP contribution is -2.17. The van der Waals surface area contributed by atoms with Gasteiger partial charge in [0, 0.05) is 6.54 Å². The van der Waals surface area contributed by atoms with Gasteiger partial charge in [-0.1, -0.05) is 49.9 Å². The van der Waals surface area contributed by atoms with E-state index in [-0.39, 0.29) is 0 Å². The first-order valence-corrected chi connectivity index (χ1v) is 7.74. The fourth-order valence-corrected chi connectivity index (χ4v) is 3.31. The maximum atomic E-state index is 9.65. The molecule has 1 aliphatic carbocycles. The van der Waals surface area contributed by atoms with Gasteiger partial charge in [0.15, 0.2) is 0 Å².